The molecule has 0 unspecified atom stereocenters. The number of nitrogens with one attached hydrogen (secondary N) is 1. The van der Waals surface area contributed by atoms with E-state index in [2.05, 4.69) is 15.0 Å². The average molecular weight is 280 g/mol. The first-order chi connectivity index (χ1) is 8.97. The van der Waals surface area contributed by atoms with Gasteiger partial charge in [-0.15, -0.1) is 0 Å². The summed E-state index contributed by atoms with van der Waals surface area (Å²) in [7, 11) is -3.06. The van der Waals surface area contributed by atoms with Crippen molar-refractivity contribution in [1.29, 1.82) is 0 Å². The molecule has 0 radical (unpaired) electrons. The molecule has 19 heavy (non-hydrogen) atoms. The molecule has 2 aromatic rings. The summed E-state index contributed by atoms with van der Waals surface area (Å²) in [6, 6.07) is 0. The molecule has 1 aliphatic rings. The molecular weight excluding hydrogens is 268 g/mol. The number of hydrogen-bond donors (Lipinski definition) is 1. The molecule has 8 heteroatoms. The normalized spacial score (nSPS) is 16.6. The first kappa shape index (κ1) is 12.1. The number of pyridine rings is 1. The van der Waals surface area contributed by atoms with E-state index >= 15 is 0 Å². The van der Waals surface area contributed by atoms with Crippen LogP contribution in [-0.4, -0.2) is 48.0 Å². The SMILES string of the molecule is CS(=O)(=O)C1CN(c2c(=O)[nH]cc3cncnc23)C1. The van der Waals surface area contributed by atoms with Gasteiger partial charge in [0.05, 0.1) is 5.25 Å². The van der Waals surface area contributed by atoms with Gasteiger partial charge in [0, 0.05) is 37.1 Å². The van der Waals surface area contributed by atoms with E-state index in [1.165, 1.54) is 12.6 Å². The predicted molar refractivity (Wildman–Crippen MR) is 71.0 cm³/mol. The molecule has 0 aliphatic carbocycles. The summed E-state index contributed by atoms with van der Waals surface area (Å²) in [6.07, 6.45) is 5.74. The lowest BCUT2D eigenvalue weighted by molar-refractivity contribution is 0.546. The number of aromatic amines is 1. The third kappa shape index (κ3) is 1.97. The highest BCUT2D eigenvalue weighted by molar-refractivity contribution is 7.91. The Morgan fingerprint density at radius 1 is 1.42 bits per heavy atom. The molecule has 0 atom stereocenters. The average Bonchev–Trinajstić information content (AvgIpc) is 2.28. The molecule has 7 nitrogen and oxygen atoms in total. The van der Waals surface area contributed by atoms with Gasteiger partial charge in [-0.25, -0.2) is 18.4 Å². The molecule has 0 bridgehead atoms. The summed E-state index contributed by atoms with van der Waals surface area (Å²) in [4.78, 5) is 24.3. The Kier molecular flexibility index (Phi) is 2.56. The van der Waals surface area contributed by atoms with Crippen molar-refractivity contribution in [3.05, 3.63) is 29.1 Å². The number of anilines is 1. The highest BCUT2D eigenvalue weighted by Gasteiger charge is 2.36. The maximum atomic E-state index is 11.9. The number of aromatic nitrogens is 3. The molecule has 1 saturated heterocycles. The third-order valence-electron chi connectivity index (χ3n) is 3.31. The number of hydrogen-bond acceptors (Lipinski definition) is 6. The highest BCUT2D eigenvalue weighted by Crippen LogP contribution is 2.26. The number of H-pyrrole nitrogens is 1. The van der Waals surface area contributed by atoms with Gasteiger partial charge in [-0.05, 0) is 0 Å². The first-order valence-electron chi connectivity index (χ1n) is 5.72. The Hall–Kier alpha value is -1.96. The molecule has 0 amide bonds. The summed E-state index contributed by atoms with van der Waals surface area (Å²) in [5.41, 5.74) is 0.698. The molecule has 0 aromatic carbocycles. The predicted octanol–water partition coefficient (Wildman–Crippen LogP) is -0.449. The Labute approximate surface area is 109 Å². The van der Waals surface area contributed by atoms with Crippen molar-refractivity contribution in [1.82, 2.24) is 15.0 Å². The molecule has 1 fully saturated rings. The second-order valence-corrected chi connectivity index (χ2v) is 6.98. The third-order valence-corrected chi connectivity index (χ3v) is 4.82. The van der Waals surface area contributed by atoms with Crippen LogP contribution in [0.2, 0.25) is 0 Å². The fourth-order valence-electron chi connectivity index (χ4n) is 2.15. The molecular formula is C11H12N4O3S. The summed E-state index contributed by atoms with van der Waals surface area (Å²) < 4.78 is 22.8. The van der Waals surface area contributed by atoms with Crippen LogP contribution < -0.4 is 10.5 Å². The van der Waals surface area contributed by atoms with E-state index in [1.54, 1.807) is 17.3 Å². The lowest BCUT2D eigenvalue weighted by Crippen LogP contribution is -2.56. The van der Waals surface area contributed by atoms with Crippen molar-refractivity contribution in [2.75, 3.05) is 24.2 Å². The van der Waals surface area contributed by atoms with Crippen molar-refractivity contribution in [2.24, 2.45) is 0 Å². The number of rotatable bonds is 2. The van der Waals surface area contributed by atoms with E-state index in [1.807, 2.05) is 0 Å². The Balaban J connectivity index is 2.03. The molecule has 1 aliphatic heterocycles. The van der Waals surface area contributed by atoms with E-state index in [-0.39, 0.29) is 5.56 Å². The topological polar surface area (TPSA) is 96.0 Å². The van der Waals surface area contributed by atoms with Gasteiger partial charge in [-0.1, -0.05) is 0 Å². The molecule has 3 heterocycles. The van der Waals surface area contributed by atoms with E-state index in [0.29, 0.717) is 24.3 Å². The fourth-order valence-corrected chi connectivity index (χ4v) is 3.05. The van der Waals surface area contributed by atoms with Crippen LogP contribution in [0.3, 0.4) is 0 Å². The molecule has 3 rings (SSSR count). The van der Waals surface area contributed by atoms with Crippen molar-refractivity contribution < 1.29 is 8.42 Å². The Bertz CT molecular complexity index is 793. The van der Waals surface area contributed by atoms with Crippen LogP contribution in [0.5, 0.6) is 0 Å². The van der Waals surface area contributed by atoms with Crippen LogP contribution in [-0.2, 0) is 9.84 Å². The quantitative estimate of drug-likeness (QED) is 0.800. The van der Waals surface area contributed by atoms with Gasteiger partial charge in [-0.2, -0.15) is 0 Å². The van der Waals surface area contributed by atoms with Gasteiger partial charge in [-0.3, -0.25) is 4.79 Å². The summed E-state index contributed by atoms with van der Waals surface area (Å²) >= 11 is 0. The monoisotopic (exact) mass is 280 g/mol. The van der Waals surface area contributed by atoms with Crippen molar-refractivity contribution in [2.45, 2.75) is 5.25 Å². The van der Waals surface area contributed by atoms with E-state index in [9.17, 15) is 13.2 Å². The smallest absolute Gasteiger partial charge is 0.273 e. The second kappa shape index (κ2) is 4.02. The zero-order valence-electron chi connectivity index (χ0n) is 10.2. The zero-order valence-corrected chi connectivity index (χ0v) is 11.0. The first-order valence-corrected chi connectivity index (χ1v) is 7.67. The van der Waals surface area contributed by atoms with Gasteiger partial charge in [0.1, 0.15) is 17.5 Å². The molecule has 0 saturated carbocycles. The van der Waals surface area contributed by atoms with Gasteiger partial charge < -0.3 is 9.88 Å². The molecule has 100 valence electrons. The summed E-state index contributed by atoms with van der Waals surface area (Å²) in [6.45, 7) is 0.649. The van der Waals surface area contributed by atoms with Crippen molar-refractivity contribution in [3.63, 3.8) is 0 Å². The lowest BCUT2D eigenvalue weighted by Gasteiger charge is -2.39. The van der Waals surface area contributed by atoms with E-state index in [4.69, 9.17) is 0 Å². The number of fused-ring (bicyclic) bond motifs is 1. The maximum absolute atomic E-state index is 11.9. The largest absolute Gasteiger partial charge is 0.363 e. The lowest BCUT2D eigenvalue weighted by atomic mass is 10.1. The van der Waals surface area contributed by atoms with Crippen LogP contribution in [0.15, 0.2) is 23.5 Å². The van der Waals surface area contributed by atoms with Crippen molar-refractivity contribution >= 4 is 26.4 Å². The minimum atomic E-state index is -3.06. The molecule has 1 N–H and O–H groups in total. The van der Waals surface area contributed by atoms with Crippen LogP contribution in [0.25, 0.3) is 10.9 Å². The molecule has 0 spiro atoms. The second-order valence-electron chi connectivity index (χ2n) is 4.65. The molecule has 2 aromatic heterocycles. The van der Waals surface area contributed by atoms with Gasteiger partial charge in [0.15, 0.2) is 9.84 Å². The Morgan fingerprint density at radius 3 is 2.84 bits per heavy atom. The van der Waals surface area contributed by atoms with Gasteiger partial charge >= 0.3 is 0 Å². The van der Waals surface area contributed by atoms with Gasteiger partial charge in [0.2, 0.25) is 0 Å². The van der Waals surface area contributed by atoms with Crippen LogP contribution >= 0.6 is 0 Å². The minimum absolute atomic E-state index is 0.266. The summed E-state index contributed by atoms with van der Waals surface area (Å²) in [5.74, 6) is 0. The zero-order chi connectivity index (χ0) is 13.6. The number of nitrogens with zero attached hydrogens (tertiary/aromatic N) is 3. The number of sulfone groups is 1. The van der Waals surface area contributed by atoms with E-state index in [0.717, 1.165) is 5.39 Å². The standard InChI is InChI=1S/C11H12N4O3S/c1-19(17,18)8-4-15(5-8)10-9-7(2-12-6-14-9)3-13-11(10)16/h2-3,6,8H,4-5H2,1H3,(H,13,16). The minimum Gasteiger partial charge on any atom is -0.363 e. The van der Waals surface area contributed by atoms with Crippen molar-refractivity contribution in [3.8, 4) is 0 Å². The maximum Gasteiger partial charge on any atom is 0.273 e. The van der Waals surface area contributed by atoms with Crippen LogP contribution in [0, 0.1) is 0 Å². The summed E-state index contributed by atoms with van der Waals surface area (Å²) in [5, 5.41) is 0.309. The van der Waals surface area contributed by atoms with Crippen LogP contribution in [0.4, 0.5) is 5.69 Å². The highest BCUT2D eigenvalue weighted by atomic mass is 32.2. The fraction of sp³-hybridized carbons (Fsp3) is 0.364. The van der Waals surface area contributed by atoms with Gasteiger partial charge in [0.25, 0.3) is 5.56 Å². The van der Waals surface area contributed by atoms with E-state index < -0.39 is 15.1 Å². The van der Waals surface area contributed by atoms with Crippen LogP contribution in [0.1, 0.15) is 0 Å². The Morgan fingerprint density at radius 2 is 2.16 bits per heavy atom.